The van der Waals surface area contributed by atoms with Gasteiger partial charge < -0.3 is 0 Å². The fourth-order valence-electron chi connectivity index (χ4n) is 1.66. The molecule has 0 aliphatic heterocycles. The number of aliphatic hydroxyl groups excluding tert-OH is 1. The van der Waals surface area contributed by atoms with Crippen LogP contribution in [0.2, 0.25) is 5.32 Å². The summed E-state index contributed by atoms with van der Waals surface area (Å²) in [7, 11) is 0. The van der Waals surface area contributed by atoms with Crippen LogP contribution in [-0.2, 0) is 0 Å². The average Bonchev–Trinajstić information content (AvgIpc) is 2.58. The molecule has 118 valence electrons. The summed E-state index contributed by atoms with van der Waals surface area (Å²) in [5, 5.41) is 21.0. The first-order chi connectivity index (χ1) is 11.1. The van der Waals surface area contributed by atoms with Gasteiger partial charge in [-0.2, -0.15) is 0 Å². The minimum absolute atomic E-state index is 0.00803. The molecule has 2 aromatic rings. The summed E-state index contributed by atoms with van der Waals surface area (Å²) in [6.07, 6.45) is -0.602. The molecule has 0 fully saturated rings. The zero-order valence-electron chi connectivity index (χ0n) is 12.2. The molecule has 0 aromatic heterocycles. The molecule has 0 heterocycles. The number of nitrogens with zero attached hydrogens (tertiary/aromatic N) is 1. The van der Waals surface area contributed by atoms with Crippen molar-refractivity contribution < 1.29 is 14.8 Å². The Balaban J connectivity index is 1.72. The first kappa shape index (κ1) is 17.0. The van der Waals surface area contributed by atoms with Gasteiger partial charge in [0.05, 0.1) is 0 Å². The van der Waals surface area contributed by atoms with Crippen molar-refractivity contribution in [1.82, 2.24) is 0 Å². The van der Waals surface area contributed by atoms with Crippen LogP contribution in [0.15, 0.2) is 54.6 Å². The number of nitro benzene ring substituents is 1. The number of nitro groups is 1. The molecular formula is C17H15NO4Se. The summed E-state index contributed by atoms with van der Waals surface area (Å²) < 4.78 is 5.41. The molecule has 2 rings (SSSR count). The van der Waals surface area contributed by atoms with Crippen molar-refractivity contribution in [2.75, 3.05) is 6.61 Å². The van der Waals surface area contributed by atoms with Gasteiger partial charge in [-0.25, -0.2) is 0 Å². The van der Waals surface area contributed by atoms with E-state index >= 15 is 0 Å². The molecule has 0 aliphatic carbocycles. The topological polar surface area (TPSA) is 72.6 Å². The van der Waals surface area contributed by atoms with E-state index in [4.69, 9.17) is 4.74 Å². The summed E-state index contributed by atoms with van der Waals surface area (Å²) in [6, 6.07) is 15.5. The molecule has 6 heteroatoms. The van der Waals surface area contributed by atoms with E-state index in [1.165, 1.54) is 24.3 Å². The number of non-ortho nitro benzene ring substituents is 1. The van der Waals surface area contributed by atoms with Crippen LogP contribution in [-0.4, -0.2) is 37.7 Å². The molecule has 0 bridgehead atoms. The standard InChI is InChI=1S/C17H15NO4Se/c19-16(13-23-11-10-14-4-2-1-3-5-14)12-22-17-8-6-15(7-9-17)18(20)21/h1-9,16,19H,12-13H2. The van der Waals surface area contributed by atoms with Gasteiger partial charge in [-0.15, -0.1) is 0 Å². The zero-order valence-corrected chi connectivity index (χ0v) is 13.9. The third-order valence-electron chi connectivity index (χ3n) is 2.81. The van der Waals surface area contributed by atoms with Crippen LogP contribution in [0.1, 0.15) is 5.56 Å². The summed E-state index contributed by atoms with van der Waals surface area (Å²) in [5.41, 5.74) is 0.975. The third kappa shape index (κ3) is 6.13. The van der Waals surface area contributed by atoms with Gasteiger partial charge in [0.25, 0.3) is 0 Å². The zero-order chi connectivity index (χ0) is 16.5. The molecule has 23 heavy (non-hydrogen) atoms. The van der Waals surface area contributed by atoms with Crippen LogP contribution in [0.5, 0.6) is 5.75 Å². The Hall–Kier alpha value is -2.32. The Morgan fingerprint density at radius 3 is 2.52 bits per heavy atom. The molecule has 0 spiro atoms. The van der Waals surface area contributed by atoms with Gasteiger partial charge in [0.1, 0.15) is 0 Å². The fraction of sp³-hybridized carbons (Fsp3) is 0.176. The van der Waals surface area contributed by atoms with Crippen LogP contribution in [0.3, 0.4) is 0 Å². The maximum absolute atomic E-state index is 10.5. The van der Waals surface area contributed by atoms with Crippen LogP contribution in [0, 0.1) is 20.9 Å². The third-order valence-corrected chi connectivity index (χ3v) is 4.48. The number of benzene rings is 2. The van der Waals surface area contributed by atoms with Crippen molar-refractivity contribution in [2.24, 2.45) is 0 Å². The molecule has 0 saturated carbocycles. The van der Waals surface area contributed by atoms with Crippen LogP contribution in [0.4, 0.5) is 5.69 Å². The monoisotopic (exact) mass is 377 g/mol. The molecule has 5 nitrogen and oxygen atoms in total. The van der Waals surface area contributed by atoms with E-state index in [0.717, 1.165) is 5.56 Å². The van der Waals surface area contributed by atoms with E-state index < -0.39 is 11.0 Å². The van der Waals surface area contributed by atoms with Crippen molar-refractivity contribution in [3.05, 3.63) is 70.3 Å². The number of rotatable bonds is 6. The second kappa shape index (κ2) is 8.96. The van der Waals surface area contributed by atoms with Crippen LogP contribution >= 0.6 is 0 Å². The normalized spacial score (nSPS) is 11.2. The van der Waals surface area contributed by atoms with E-state index in [1.54, 1.807) is 0 Å². The number of hydrogen-bond acceptors (Lipinski definition) is 4. The Morgan fingerprint density at radius 2 is 1.87 bits per heavy atom. The molecule has 1 N–H and O–H groups in total. The Labute approximate surface area is 140 Å². The first-order valence-electron chi connectivity index (χ1n) is 6.88. The molecular weight excluding hydrogens is 361 g/mol. The molecule has 0 radical (unpaired) electrons. The Morgan fingerprint density at radius 1 is 1.17 bits per heavy atom. The van der Waals surface area contributed by atoms with E-state index in [1.807, 2.05) is 30.3 Å². The molecule has 1 unspecified atom stereocenters. The van der Waals surface area contributed by atoms with Gasteiger partial charge in [0.2, 0.25) is 0 Å². The number of hydrogen-bond donors (Lipinski definition) is 1. The van der Waals surface area contributed by atoms with Gasteiger partial charge in [-0.1, -0.05) is 0 Å². The van der Waals surface area contributed by atoms with E-state index in [-0.39, 0.29) is 27.3 Å². The van der Waals surface area contributed by atoms with E-state index in [0.29, 0.717) is 11.1 Å². The summed E-state index contributed by atoms with van der Waals surface area (Å²) in [4.78, 5) is 13.1. The first-order valence-corrected chi connectivity index (χ1v) is 8.95. The van der Waals surface area contributed by atoms with Crippen molar-refractivity contribution in [1.29, 1.82) is 0 Å². The average molecular weight is 376 g/mol. The molecule has 2 aromatic carbocycles. The maximum atomic E-state index is 10.5. The van der Waals surface area contributed by atoms with Gasteiger partial charge >= 0.3 is 140 Å². The molecule has 0 amide bonds. The second-order valence-electron chi connectivity index (χ2n) is 4.62. The van der Waals surface area contributed by atoms with Crippen molar-refractivity contribution in [3.8, 4) is 16.5 Å². The minimum atomic E-state index is -0.602. The number of ether oxygens (including phenoxy) is 1. The van der Waals surface area contributed by atoms with Gasteiger partial charge in [0, 0.05) is 0 Å². The SMILES string of the molecule is O=[N+]([O-])c1ccc(OCC(O)C[Se]C#Cc2ccccc2)cc1. The number of aliphatic hydroxyl groups is 1. The second-order valence-corrected chi connectivity index (χ2v) is 6.35. The van der Waals surface area contributed by atoms with Crippen molar-refractivity contribution >= 4 is 20.6 Å². The van der Waals surface area contributed by atoms with E-state index in [9.17, 15) is 15.2 Å². The Kier molecular flexibility index (Phi) is 6.64. The summed E-state index contributed by atoms with van der Waals surface area (Å²) in [6.45, 7) is 0.145. The van der Waals surface area contributed by atoms with Crippen LogP contribution < -0.4 is 4.74 Å². The quantitative estimate of drug-likeness (QED) is 0.364. The van der Waals surface area contributed by atoms with Crippen molar-refractivity contribution in [3.63, 3.8) is 0 Å². The molecule has 0 aliphatic rings. The summed E-state index contributed by atoms with van der Waals surface area (Å²) in [5.74, 6) is 3.55. The molecule has 0 saturated heterocycles. The summed E-state index contributed by atoms with van der Waals surface area (Å²) >= 11 is 0.00803. The van der Waals surface area contributed by atoms with Gasteiger partial charge in [-0.05, 0) is 0 Å². The predicted molar refractivity (Wildman–Crippen MR) is 88.5 cm³/mol. The molecule has 1 atom stereocenters. The Bertz CT molecular complexity index is 692. The van der Waals surface area contributed by atoms with Gasteiger partial charge in [0.15, 0.2) is 0 Å². The fourth-order valence-corrected chi connectivity index (χ4v) is 2.84. The van der Waals surface area contributed by atoms with Crippen molar-refractivity contribution in [2.45, 2.75) is 11.4 Å². The van der Waals surface area contributed by atoms with E-state index in [2.05, 4.69) is 10.7 Å². The van der Waals surface area contributed by atoms with Gasteiger partial charge in [-0.3, -0.25) is 0 Å². The van der Waals surface area contributed by atoms with Crippen LogP contribution in [0.25, 0.3) is 0 Å². The predicted octanol–water partition coefficient (Wildman–Crippen LogP) is 2.47.